The molecule has 0 nitrogen and oxygen atoms in total. The number of hydrogen-bond donors (Lipinski definition) is 0. The van der Waals surface area contributed by atoms with Crippen molar-refractivity contribution in [1.29, 1.82) is 0 Å². The average Bonchev–Trinajstić information content (AvgIpc) is 2.30. The average molecular weight is 218 g/mol. The highest BCUT2D eigenvalue weighted by molar-refractivity contribution is 5.37. The normalized spacial score (nSPS) is 32.4. The van der Waals surface area contributed by atoms with Crippen LogP contribution in [0.3, 0.4) is 0 Å². The summed E-state index contributed by atoms with van der Waals surface area (Å²) in [4.78, 5) is 0. The Labute approximate surface area is 101 Å². The highest BCUT2D eigenvalue weighted by Crippen LogP contribution is 2.42. The second-order valence-electron chi connectivity index (χ2n) is 5.31. The molecular formula is C16H26. The van der Waals surface area contributed by atoms with E-state index in [4.69, 9.17) is 0 Å². The van der Waals surface area contributed by atoms with Gasteiger partial charge in [0.2, 0.25) is 0 Å². The molecule has 0 N–H and O–H groups in total. The summed E-state index contributed by atoms with van der Waals surface area (Å²) in [6.07, 6.45) is 6.66. The standard InChI is InChI=1S/C16H26/c1-7-11(4)16-10-12(5)13(6)14(8-2)15(16)9-3/h8-9,11-13,16H,2-3,7,10H2,1,4-6H3. The van der Waals surface area contributed by atoms with E-state index < -0.39 is 0 Å². The van der Waals surface area contributed by atoms with Crippen LogP contribution in [-0.2, 0) is 0 Å². The largest absolute Gasteiger partial charge is 0.0988 e. The highest BCUT2D eigenvalue weighted by Gasteiger charge is 2.31. The molecule has 0 aromatic heterocycles. The van der Waals surface area contributed by atoms with Crippen LogP contribution in [0.5, 0.6) is 0 Å². The molecule has 0 spiro atoms. The third-order valence-electron chi connectivity index (χ3n) is 4.47. The predicted molar refractivity (Wildman–Crippen MR) is 73.3 cm³/mol. The summed E-state index contributed by atoms with van der Waals surface area (Å²) in [6, 6.07) is 0. The maximum atomic E-state index is 4.00. The molecule has 0 fully saturated rings. The van der Waals surface area contributed by atoms with Crippen LogP contribution < -0.4 is 0 Å². The minimum Gasteiger partial charge on any atom is -0.0988 e. The summed E-state index contributed by atoms with van der Waals surface area (Å²) in [5.41, 5.74) is 2.88. The zero-order valence-electron chi connectivity index (χ0n) is 11.3. The van der Waals surface area contributed by atoms with Gasteiger partial charge in [0.15, 0.2) is 0 Å². The molecule has 0 heterocycles. The van der Waals surface area contributed by atoms with Crippen LogP contribution in [-0.4, -0.2) is 0 Å². The minimum atomic E-state index is 0.630. The van der Waals surface area contributed by atoms with Crippen LogP contribution in [0.15, 0.2) is 36.5 Å². The zero-order valence-corrected chi connectivity index (χ0v) is 11.3. The van der Waals surface area contributed by atoms with Crippen molar-refractivity contribution in [2.24, 2.45) is 23.7 Å². The SMILES string of the molecule is C=CC1=C(C=C)C(C(C)CC)CC(C)C1C. The Morgan fingerprint density at radius 1 is 1.25 bits per heavy atom. The molecule has 0 heteroatoms. The van der Waals surface area contributed by atoms with Gasteiger partial charge in [0, 0.05) is 0 Å². The second kappa shape index (κ2) is 5.52. The molecule has 0 aliphatic heterocycles. The summed E-state index contributed by atoms with van der Waals surface area (Å²) < 4.78 is 0. The number of allylic oxidation sites excluding steroid dienone is 4. The van der Waals surface area contributed by atoms with Crippen LogP contribution in [0.25, 0.3) is 0 Å². The van der Waals surface area contributed by atoms with Crippen molar-refractivity contribution in [2.45, 2.75) is 40.5 Å². The van der Waals surface area contributed by atoms with Crippen molar-refractivity contribution in [1.82, 2.24) is 0 Å². The summed E-state index contributed by atoms with van der Waals surface area (Å²) in [7, 11) is 0. The fourth-order valence-electron chi connectivity index (χ4n) is 2.91. The van der Waals surface area contributed by atoms with E-state index in [1.807, 2.05) is 6.08 Å². The first kappa shape index (κ1) is 13.3. The lowest BCUT2D eigenvalue weighted by Gasteiger charge is -2.37. The first-order valence-corrected chi connectivity index (χ1v) is 6.55. The van der Waals surface area contributed by atoms with E-state index in [-0.39, 0.29) is 0 Å². The molecular weight excluding hydrogens is 192 g/mol. The Kier molecular flexibility index (Phi) is 4.58. The van der Waals surface area contributed by atoms with E-state index in [2.05, 4.69) is 46.9 Å². The zero-order chi connectivity index (χ0) is 12.3. The van der Waals surface area contributed by atoms with Crippen molar-refractivity contribution < 1.29 is 0 Å². The monoisotopic (exact) mass is 218 g/mol. The fourth-order valence-corrected chi connectivity index (χ4v) is 2.91. The molecule has 4 atom stereocenters. The highest BCUT2D eigenvalue weighted by atomic mass is 14.4. The Balaban J connectivity index is 3.15. The van der Waals surface area contributed by atoms with Crippen molar-refractivity contribution in [3.05, 3.63) is 36.5 Å². The Hall–Kier alpha value is -0.780. The Morgan fingerprint density at radius 3 is 2.25 bits per heavy atom. The lowest BCUT2D eigenvalue weighted by atomic mass is 9.67. The first-order chi connectivity index (χ1) is 7.56. The van der Waals surface area contributed by atoms with Crippen molar-refractivity contribution in [3.63, 3.8) is 0 Å². The molecule has 0 amide bonds. The van der Waals surface area contributed by atoms with Gasteiger partial charge in [0.25, 0.3) is 0 Å². The minimum absolute atomic E-state index is 0.630. The van der Waals surface area contributed by atoms with Crippen molar-refractivity contribution >= 4 is 0 Å². The molecule has 1 aliphatic rings. The smallest absolute Gasteiger partial charge is 0.0131 e. The summed E-state index contributed by atoms with van der Waals surface area (Å²) >= 11 is 0. The van der Waals surface area contributed by atoms with Crippen molar-refractivity contribution in [3.8, 4) is 0 Å². The van der Waals surface area contributed by atoms with E-state index in [1.54, 1.807) is 0 Å². The van der Waals surface area contributed by atoms with Gasteiger partial charge in [-0.2, -0.15) is 0 Å². The van der Waals surface area contributed by atoms with Crippen LogP contribution >= 0.6 is 0 Å². The molecule has 1 rings (SSSR count). The lowest BCUT2D eigenvalue weighted by Crippen LogP contribution is -2.27. The van der Waals surface area contributed by atoms with Gasteiger partial charge in [0.1, 0.15) is 0 Å². The molecule has 1 aliphatic carbocycles. The molecule has 0 bridgehead atoms. The third-order valence-corrected chi connectivity index (χ3v) is 4.47. The van der Waals surface area contributed by atoms with E-state index >= 15 is 0 Å². The van der Waals surface area contributed by atoms with E-state index in [1.165, 1.54) is 24.0 Å². The topological polar surface area (TPSA) is 0 Å². The maximum Gasteiger partial charge on any atom is -0.0131 e. The molecule has 0 radical (unpaired) electrons. The number of hydrogen-bond acceptors (Lipinski definition) is 0. The molecule has 90 valence electrons. The van der Waals surface area contributed by atoms with Gasteiger partial charge in [-0.15, -0.1) is 0 Å². The summed E-state index contributed by atoms with van der Waals surface area (Å²) in [5.74, 6) is 2.82. The quantitative estimate of drug-likeness (QED) is 0.623. The van der Waals surface area contributed by atoms with Crippen molar-refractivity contribution in [2.75, 3.05) is 0 Å². The van der Waals surface area contributed by atoms with E-state index in [0.29, 0.717) is 11.8 Å². The third kappa shape index (κ3) is 2.31. The molecule has 4 unspecified atom stereocenters. The first-order valence-electron chi connectivity index (χ1n) is 6.55. The predicted octanol–water partition coefficient (Wildman–Crippen LogP) is 4.99. The van der Waals surface area contributed by atoms with Gasteiger partial charge in [-0.3, -0.25) is 0 Å². The van der Waals surface area contributed by atoms with Gasteiger partial charge < -0.3 is 0 Å². The van der Waals surface area contributed by atoms with Gasteiger partial charge in [-0.05, 0) is 41.2 Å². The Bertz CT molecular complexity index is 295. The molecule has 0 saturated heterocycles. The Morgan fingerprint density at radius 2 is 1.81 bits per heavy atom. The summed E-state index contributed by atoms with van der Waals surface area (Å²) in [6.45, 7) is 17.3. The van der Waals surface area contributed by atoms with Gasteiger partial charge in [-0.25, -0.2) is 0 Å². The molecule has 16 heavy (non-hydrogen) atoms. The fraction of sp³-hybridized carbons (Fsp3) is 0.625. The van der Waals surface area contributed by atoms with Crippen LogP contribution in [0.2, 0.25) is 0 Å². The molecule has 0 saturated carbocycles. The second-order valence-corrected chi connectivity index (χ2v) is 5.31. The maximum absolute atomic E-state index is 4.00. The van der Waals surface area contributed by atoms with Crippen LogP contribution in [0, 0.1) is 23.7 Å². The summed E-state index contributed by atoms with van der Waals surface area (Å²) in [5, 5.41) is 0. The van der Waals surface area contributed by atoms with Gasteiger partial charge >= 0.3 is 0 Å². The molecule has 0 aromatic carbocycles. The van der Waals surface area contributed by atoms with Crippen LogP contribution in [0.4, 0.5) is 0 Å². The van der Waals surface area contributed by atoms with E-state index in [9.17, 15) is 0 Å². The van der Waals surface area contributed by atoms with Gasteiger partial charge in [-0.1, -0.05) is 59.4 Å². The van der Waals surface area contributed by atoms with Gasteiger partial charge in [0.05, 0.1) is 0 Å². The lowest BCUT2D eigenvalue weighted by molar-refractivity contribution is 0.267. The molecule has 0 aromatic rings. The number of rotatable bonds is 4. The van der Waals surface area contributed by atoms with E-state index in [0.717, 1.165) is 11.8 Å². The van der Waals surface area contributed by atoms with Crippen LogP contribution in [0.1, 0.15) is 40.5 Å².